The lowest BCUT2D eigenvalue weighted by atomic mass is 10.2. The summed E-state index contributed by atoms with van der Waals surface area (Å²) in [6.07, 6.45) is 1.61. The van der Waals surface area contributed by atoms with Crippen LogP contribution in [0.25, 0.3) is 0 Å². The number of nitrogens with one attached hydrogen (secondary N) is 1. The third kappa shape index (κ3) is 5.05. The van der Waals surface area contributed by atoms with Crippen molar-refractivity contribution in [1.29, 1.82) is 0 Å². The molecule has 2 aromatic rings. The average Bonchev–Trinajstić information content (AvgIpc) is 2.54. The van der Waals surface area contributed by atoms with Crippen LogP contribution in [0.4, 0.5) is 0 Å². The summed E-state index contributed by atoms with van der Waals surface area (Å²) < 4.78 is 5.75. The number of ether oxygens (including phenoxy) is 1. The second-order valence-electron chi connectivity index (χ2n) is 5.24. The zero-order valence-corrected chi connectivity index (χ0v) is 12.8. The van der Waals surface area contributed by atoms with Gasteiger partial charge in [0.25, 0.3) is 0 Å². The van der Waals surface area contributed by atoms with E-state index in [4.69, 9.17) is 4.74 Å². The molecular weight excluding hydrogens is 276 g/mol. The largest absolute Gasteiger partial charge is 0.489 e. The van der Waals surface area contributed by atoms with Crippen LogP contribution in [-0.4, -0.2) is 12.1 Å². The summed E-state index contributed by atoms with van der Waals surface area (Å²) >= 11 is 0. The van der Waals surface area contributed by atoms with Gasteiger partial charge in [-0.1, -0.05) is 56.3 Å². The zero-order chi connectivity index (χ0) is 15.8. The molecule has 0 unspecified atom stereocenters. The first kappa shape index (κ1) is 15.8. The van der Waals surface area contributed by atoms with Crippen molar-refractivity contribution < 1.29 is 9.53 Å². The fourth-order valence-corrected chi connectivity index (χ4v) is 1.73. The van der Waals surface area contributed by atoms with Crippen LogP contribution in [-0.2, 0) is 11.4 Å². The summed E-state index contributed by atoms with van der Waals surface area (Å²) in [5.41, 5.74) is 4.48. The van der Waals surface area contributed by atoms with Gasteiger partial charge in [-0.15, -0.1) is 0 Å². The number of carbonyl (C=O) groups is 1. The van der Waals surface area contributed by atoms with Gasteiger partial charge in [-0.25, -0.2) is 5.43 Å². The molecule has 0 aliphatic carbocycles. The Morgan fingerprint density at radius 1 is 1.18 bits per heavy atom. The van der Waals surface area contributed by atoms with E-state index in [1.807, 2.05) is 68.4 Å². The fraction of sp³-hybridized carbons (Fsp3) is 0.222. The van der Waals surface area contributed by atoms with Gasteiger partial charge < -0.3 is 4.74 Å². The summed E-state index contributed by atoms with van der Waals surface area (Å²) in [6.45, 7) is 4.16. The molecule has 0 saturated heterocycles. The number of nitrogens with zero attached hydrogens (tertiary/aromatic N) is 1. The maximum Gasteiger partial charge on any atom is 0.242 e. The van der Waals surface area contributed by atoms with Gasteiger partial charge in [0, 0.05) is 5.92 Å². The molecule has 2 rings (SSSR count). The predicted octanol–water partition coefficient (Wildman–Crippen LogP) is 3.37. The number of amides is 1. The molecule has 4 heteroatoms. The van der Waals surface area contributed by atoms with Gasteiger partial charge in [0.15, 0.2) is 0 Å². The number of benzene rings is 2. The van der Waals surface area contributed by atoms with Crippen molar-refractivity contribution >= 4 is 12.1 Å². The van der Waals surface area contributed by atoms with Crippen molar-refractivity contribution in [1.82, 2.24) is 5.43 Å². The van der Waals surface area contributed by atoms with Crippen LogP contribution in [0.1, 0.15) is 25.0 Å². The van der Waals surface area contributed by atoms with Gasteiger partial charge in [0.1, 0.15) is 12.4 Å². The van der Waals surface area contributed by atoms with E-state index in [2.05, 4.69) is 10.5 Å². The first-order chi connectivity index (χ1) is 10.6. The monoisotopic (exact) mass is 296 g/mol. The minimum atomic E-state index is -0.104. The van der Waals surface area contributed by atoms with Gasteiger partial charge in [-0.05, 0) is 23.3 Å². The van der Waals surface area contributed by atoms with Gasteiger partial charge in [0.2, 0.25) is 5.91 Å². The van der Waals surface area contributed by atoms with Crippen molar-refractivity contribution in [2.24, 2.45) is 11.0 Å². The summed E-state index contributed by atoms with van der Waals surface area (Å²) in [5, 5.41) is 3.94. The highest BCUT2D eigenvalue weighted by Gasteiger charge is 2.03. The highest BCUT2D eigenvalue weighted by atomic mass is 16.5. The fourth-order valence-electron chi connectivity index (χ4n) is 1.73. The van der Waals surface area contributed by atoms with E-state index in [0.717, 1.165) is 16.9 Å². The summed E-state index contributed by atoms with van der Waals surface area (Å²) in [6, 6.07) is 17.6. The van der Waals surface area contributed by atoms with Crippen LogP contribution < -0.4 is 10.2 Å². The molecule has 2 aromatic carbocycles. The van der Waals surface area contributed by atoms with Gasteiger partial charge in [-0.3, -0.25) is 4.79 Å². The Labute approximate surface area is 130 Å². The Morgan fingerprint density at radius 3 is 2.68 bits per heavy atom. The van der Waals surface area contributed by atoms with Crippen molar-refractivity contribution in [3.05, 3.63) is 65.7 Å². The highest BCUT2D eigenvalue weighted by molar-refractivity contribution is 5.83. The molecule has 22 heavy (non-hydrogen) atoms. The van der Waals surface area contributed by atoms with Crippen LogP contribution in [0, 0.1) is 5.92 Å². The molecule has 0 aromatic heterocycles. The molecule has 1 amide bonds. The zero-order valence-electron chi connectivity index (χ0n) is 12.8. The molecule has 0 radical (unpaired) electrons. The van der Waals surface area contributed by atoms with E-state index in [-0.39, 0.29) is 11.8 Å². The van der Waals surface area contributed by atoms with Crippen molar-refractivity contribution in [2.75, 3.05) is 0 Å². The van der Waals surface area contributed by atoms with Crippen LogP contribution in [0.2, 0.25) is 0 Å². The van der Waals surface area contributed by atoms with Crippen molar-refractivity contribution in [2.45, 2.75) is 20.5 Å². The number of rotatable bonds is 6. The number of carbonyl (C=O) groups excluding carboxylic acids is 1. The van der Waals surface area contributed by atoms with E-state index in [1.54, 1.807) is 6.21 Å². The molecule has 4 nitrogen and oxygen atoms in total. The third-order valence-electron chi connectivity index (χ3n) is 3.02. The molecule has 0 fully saturated rings. The van der Waals surface area contributed by atoms with Crippen LogP contribution in [0.5, 0.6) is 5.75 Å². The van der Waals surface area contributed by atoms with Crippen LogP contribution in [0.3, 0.4) is 0 Å². The minimum Gasteiger partial charge on any atom is -0.489 e. The molecule has 0 aliphatic rings. The van der Waals surface area contributed by atoms with Crippen LogP contribution >= 0.6 is 0 Å². The van der Waals surface area contributed by atoms with Gasteiger partial charge in [-0.2, -0.15) is 5.10 Å². The van der Waals surface area contributed by atoms with E-state index in [1.165, 1.54) is 0 Å². The van der Waals surface area contributed by atoms with E-state index >= 15 is 0 Å². The number of hydrogen-bond donors (Lipinski definition) is 1. The first-order valence-electron chi connectivity index (χ1n) is 7.25. The Kier molecular flexibility index (Phi) is 5.72. The summed E-state index contributed by atoms with van der Waals surface area (Å²) in [7, 11) is 0. The van der Waals surface area contributed by atoms with E-state index in [0.29, 0.717) is 6.61 Å². The number of hydrogen-bond acceptors (Lipinski definition) is 3. The quantitative estimate of drug-likeness (QED) is 0.656. The average molecular weight is 296 g/mol. The maximum absolute atomic E-state index is 11.4. The molecule has 1 N–H and O–H groups in total. The van der Waals surface area contributed by atoms with Crippen molar-refractivity contribution in [3.63, 3.8) is 0 Å². The van der Waals surface area contributed by atoms with Crippen molar-refractivity contribution in [3.8, 4) is 5.75 Å². The smallest absolute Gasteiger partial charge is 0.242 e. The van der Waals surface area contributed by atoms with Crippen LogP contribution in [0.15, 0.2) is 59.7 Å². The Balaban J connectivity index is 1.92. The van der Waals surface area contributed by atoms with Gasteiger partial charge >= 0.3 is 0 Å². The highest BCUT2D eigenvalue weighted by Crippen LogP contribution is 2.14. The molecule has 0 atom stereocenters. The lowest BCUT2D eigenvalue weighted by Gasteiger charge is -2.07. The second kappa shape index (κ2) is 7.98. The Morgan fingerprint density at radius 2 is 1.95 bits per heavy atom. The molecule has 0 bridgehead atoms. The molecule has 0 saturated carbocycles. The van der Waals surface area contributed by atoms with E-state index in [9.17, 15) is 4.79 Å². The Bertz CT molecular complexity index is 637. The predicted molar refractivity (Wildman–Crippen MR) is 87.8 cm³/mol. The summed E-state index contributed by atoms with van der Waals surface area (Å²) in [4.78, 5) is 11.4. The lowest BCUT2D eigenvalue weighted by molar-refractivity contribution is -0.123. The molecule has 0 heterocycles. The van der Waals surface area contributed by atoms with Gasteiger partial charge in [0.05, 0.1) is 6.21 Å². The van der Waals surface area contributed by atoms with E-state index < -0.39 is 0 Å². The summed E-state index contributed by atoms with van der Waals surface area (Å²) in [5.74, 6) is 0.577. The normalized spacial score (nSPS) is 10.9. The molecule has 0 spiro atoms. The second-order valence-corrected chi connectivity index (χ2v) is 5.24. The topological polar surface area (TPSA) is 50.7 Å². The minimum absolute atomic E-state index is 0.0855. The Hall–Kier alpha value is -2.62. The molecule has 0 aliphatic heterocycles. The molecule has 114 valence electrons. The molecular formula is C18H20N2O2. The standard InChI is InChI=1S/C18H20N2O2/c1-14(2)18(21)20-19-12-16-9-6-10-17(11-16)22-13-15-7-4-3-5-8-15/h3-12,14H,13H2,1-2H3,(H,20,21)/b19-12+. The SMILES string of the molecule is CC(C)C(=O)N/N=C/c1cccc(OCc2ccccc2)c1. The third-order valence-corrected chi connectivity index (χ3v) is 3.02. The first-order valence-corrected chi connectivity index (χ1v) is 7.25. The number of hydrazone groups is 1. The lowest BCUT2D eigenvalue weighted by Crippen LogP contribution is -2.22. The maximum atomic E-state index is 11.4.